The molecule has 40 heavy (non-hydrogen) atoms. The Hall–Kier alpha value is -4.13. The predicted molar refractivity (Wildman–Crippen MR) is 155 cm³/mol. The van der Waals surface area contributed by atoms with Crippen molar-refractivity contribution in [2.24, 2.45) is 0 Å². The van der Waals surface area contributed by atoms with Crippen molar-refractivity contribution < 1.29 is 9.84 Å². The number of nitrogens with zero attached hydrogens (tertiary/aromatic N) is 5. The van der Waals surface area contributed by atoms with Crippen molar-refractivity contribution in [1.29, 1.82) is 0 Å². The SMILES string of the molecule is C#Cc1cccc2cc(O)cc(-c3ncc4c(N5CC6CCC(C5)N6)nc(OC[C@@H]5CCCN5C)cn4c3=O)c12. The Kier molecular flexibility index (Phi) is 6.10. The van der Waals surface area contributed by atoms with E-state index in [9.17, 15) is 9.90 Å². The Morgan fingerprint density at radius 2 is 2.02 bits per heavy atom. The van der Waals surface area contributed by atoms with Crippen molar-refractivity contribution in [3.63, 3.8) is 0 Å². The number of rotatable bonds is 5. The number of fused-ring (bicyclic) bond motifs is 4. The number of piperazine rings is 1. The average Bonchev–Trinajstić information content (AvgIpc) is 3.53. The Morgan fingerprint density at radius 1 is 1.20 bits per heavy atom. The van der Waals surface area contributed by atoms with Crippen molar-refractivity contribution in [2.75, 3.05) is 38.2 Å². The summed E-state index contributed by atoms with van der Waals surface area (Å²) in [7, 11) is 2.11. The number of phenolic OH excluding ortho intramolecular Hbond substituents is 1. The van der Waals surface area contributed by atoms with Crippen LogP contribution in [-0.4, -0.2) is 75.8 Å². The molecule has 0 spiro atoms. The second kappa shape index (κ2) is 9.81. The lowest BCUT2D eigenvalue weighted by atomic mass is 9.97. The van der Waals surface area contributed by atoms with Gasteiger partial charge in [0.2, 0.25) is 5.88 Å². The molecule has 0 aliphatic carbocycles. The van der Waals surface area contributed by atoms with Crippen molar-refractivity contribution >= 4 is 22.1 Å². The lowest BCUT2D eigenvalue weighted by Gasteiger charge is -2.34. The van der Waals surface area contributed by atoms with Gasteiger partial charge in [0.1, 0.15) is 23.6 Å². The third-order valence-corrected chi connectivity index (χ3v) is 8.67. The first-order valence-electron chi connectivity index (χ1n) is 14.0. The lowest BCUT2D eigenvalue weighted by Crippen LogP contribution is -2.51. The summed E-state index contributed by atoms with van der Waals surface area (Å²) in [5.74, 6) is 3.88. The Balaban J connectivity index is 1.39. The number of hydrogen-bond donors (Lipinski definition) is 2. The van der Waals surface area contributed by atoms with E-state index < -0.39 is 0 Å². The zero-order valence-corrected chi connectivity index (χ0v) is 22.5. The fourth-order valence-electron chi connectivity index (χ4n) is 6.61. The normalized spacial score (nSPS) is 22.7. The van der Waals surface area contributed by atoms with Crippen molar-refractivity contribution in [1.82, 2.24) is 24.6 Å². The summed E-state index contributed by atoms with van der Waals surface area (Å²) in [6, 6.07) is 9.86. The molecule has 2 bridgehead atoms. The predicted octanol–water partition coefficient (Wildman–Crippen LogP) is 3.01. The van der Waals surface area contributed by atoms with E-state index in [-0.39, 0.29) is 17.0 Å². The molecule has 9 heteroatoms. The molecule has 0 amide bonds. The van der Waals surface area contributed by atoms with Crippen LogP contribution in [0.3, 0.4) is 0 Å². The fourth-order valence-corrected chi connectivity index (χ4v) is 6.61. The molecule has 9 nitrogen and oxygen atoms in total. The summed E-state index contributed by atoms with van der Waals surface area (Å²) in [6.45, 7) is 3.19. The number of likely N-dealkylation sites (N-methyl/N-ethyl adjacent to an activating group) is 1. The number of anilines is 1. The minimum Gasteiger partial charge on any atom is -0.508 e. The van der Waals surface area contributed by atoms with Crippen LogP contribution in [0.5, 0.6) is 11.6 Å². The molecule has 2 N–H and O–H groups in total. The van der Waals surface area contributed by atoms with Gasteiger partial charge >= 0.3 is 0 Å². The number of hydrogen-bond acceptors (Lipinski definition) is 8. The molecule has 204 valence electrons. The van der Waals surface area contributed by atoms with Gasteiger partial charge in [-0.05, 0) is 62.9 Å². The largest absolute Gasteiger partial charge is 0.508 e. The van der Waals surface area contributed by atoms with Gasteiger partial charge in [-0.15, -0.1) is 6.42 Å². The molecule has 4 aromatic rings. The summed E-state index contributed by atoms with van der Waals surface area (Å²) in [5, 5.41) is 15.6. The quantitative estimate of drug-likeness (QED) is 0.376. The second-order valence-corrected chi connectivity index (χ2v) is 11.2. The molecule has 3 aliphatic rings. The highest BCUT2D eigenvalue weighted by Crippen LogP contribution is 2.34. The Labute approximate surface area is 232 Å². The minimum atomic E-state index is -0.319. The maximum Gasteiger partial charge on any atom is 0.281 e. The van der Waals surface area contributed by atoms with E-state index in [4.69, 9.17) is 16.1 Å². The first kappa shape index (κ1) is 24.9. The monoisotopic (exact) mass is 536 g/mol. The van der Waals surface area contributed by atoms with Crippen LogP contribution in [-0.2, 0) is 0 Å². The summed E-state index contributed by atoms with van der Waals surface area (Å²) in [4.78, 5) is 28.3. The van der Waals surface area contributed by atoms with Crippen molar-refractivity contribution in [2.45, 2.75) is 43.8 Å². The molecule has 7 rings (SSSR count). The van der Waals surface area contributed by atoms with Gasteiger partial charge < -0.3 is 25.0 Å². The van der Waals surface area contributed by atoms with E-state index in [1.807, 2.05) is 18.2 Å². The molecule has 2 unspecified atom stereocenters. The number of aromatic hydroxyl groups is 1. The fraction of sp³-hybridized carbons (Fsp3) is 0.387. The summed E-state index contributed by atoms with van der Waals surface area (Å²) < 4.78 is 7.85. The average molecular weight is 537 g/mol. The van der Waals surface area contributed by atoms with Crippen molar-refractivity contribution in [3.8, 4) is 35.2 Å². The van der Waals surface area contributed by atoms with E-state index in [1.54, 1.807) is 28.9 Å². The molecule has 3 saturated heterocycles. The first-order chi connectivity index (χ1) is 19.5. The molecule has 0 radical (unpaired) electrons. The van der Waals surface area contributed by atoms with Gasteiger partial charge in [0.05, 0.1) is 12.4 Å². The standard InChI is InChI=1S/C31H32N6O3/c1-3-19-6-4-7-20-12-24(38)13-25(28(19)20)29-31(39)37-17-27(40-18-23-8-5-11-35(23)2)34-30(26(37)14-32-29)36-15-21-9-10-22(16-36)33-21/h1,4,6-7,12-14,17,21-23,33,38H,5,8-11,15-16,18H2,2H3/t21?,22?,23-/m0/s1. The summed E-state index contributed by atoms with van der Waals surface area (Å²) in [6.07, 6.45) is 13.7. The van der Waals surface area contributed by atoms with Crippen LogP contribution in [0, 0.1) is 12.3 Å². The maximum atomic E-state index is 14.2. The number of nitrogens with one attached hydrogen (secondary N) is 1. The highest BCUT2D eigenvalue weighted by molar-refractivity contribution is 6.01. The van der Waals surface area contributed by atoms with Crippen LogP contribution in [0.1, 0.15) is 31.2 Å². The topological polar surface area (TPSA) is 95.2 Å². The number of benzene rings is 2. The van der Waals surface area contributed by atoms with Gasteiger partial charge in [-0.3, -0.25) is 9.20 Å². The highest BCUT2D eigenvalue weighted by Gasteiger charge is 2.34. The van der Waals surface area contributed by atoms with E-state index in [2.05, 4.69) is 33.1 Å². The Morgan fingerprint density at radius 3 is 2.77 bits per heavy atom. The zero-order chi connectivity index (χ0) is 27.4. The van der Waals surface area contributed by atoms with Gasteiger partial charge in [0, 0.05) is 47.7 Å². The lowest BCUT2D eigenvalue weighted by molar-refractivity contribution is 0.192. The van der Waals surface area contributed by atoms with Crippen LogP contribution >= 0.6 is 0 Å². The van der Waals surface area contributed by atoms with E-state index >= 15 is 0 Å². The molecular weight excluding hydrogens is 504 g/mol. The van der Waals surface area contributed by atoms with Gasteiger partial charge in [-0.25, -0.2) is 4.98 Å². The van der Waals surface area contributed by atoms with Gasteiger partial charge in [-0.1, -0.05) is 18.1 Å². The first-order valence-corrected chi connectivity index (χ1v) is 14.0. The molecule has 3 fully saturated rings. The van der Waals surface area contributed by atoms with Gasteiger partial charge in [0.15, 0.2) is 5.82 Å². The van der Waals surface area contributed by atoms with E-state index in [0.29, 0.717) is 58.5 Å². The van der Waals surface area contributed by atoms with Gasteiger partial charge in [-0.2, -0.15) is 4.98 Å². The minimum absolute atomic E-state index is 0.0411. The molecule has 0 saturated carbocycles. The van der Waals surface area contributed by atoms with Gasteiger partial charge in [0.25, 0.3) is 5.56 Å². The molecule has 3 atom stereocenters. The number of phenols is 1. The Bertz CT molecular complexity index is 1710. The molecule has 2 aromatic heterocycles. The third-order valence-electron chi connectivity index (χ3n) is 8.67. The number of ether oxygens (including phenoxy) is 1. The number of terminal acetylenes is 1. The third kappa shape index (κ3) is 4.24. The highest BCUT2D eigenvalue weighted by atomic mass is 16.5. The van der Waals surface area contributed by atoms with Crippen LogP contribution in [0.4, 0.5) is 5.82 Å². The van der Waals surface area contributed by atoms with Crippen LogP contribution in [0.2, 0.25) is 0 Å². The molecule has 3 aliphatic heterocycles. The summed E-state index contributed by atoms with van der Waals surface area (Å²) in [5.41, 5.74) is 1.65. The number of likely N-dealkylation sites (tertiary alicyclic amines) is 1. The zero-order valence-electron chi connectivity index (χ0n) is 22.5. The molecular formula is C31H32N6O3. The number of aromatic nitrogens is 3. The molecule has 5 heterocycles. The van der Waals surface area contributed by atoms with E-state index in [1.165, 1.54) is 0 Å². The van der Waals surface area contributed by atoms with Crippen LogP contribution < -0.4 is 20.5 Å². The van der Waals surface area contributed by atoms with Crippen LogP contribution in [0.15, 0.2) is 47.5 Å². The maximum absolute atomic E-state index is 14.2. The van der Waals surface area contributed by atoms with E-state index in [0.717, 1.165) is 50.7 Å². The molecule has 2 aromatic carbocycles. The smallest absolute Gasteiger partial charge is 0.281 e. The second-order valence-electron chi connectivity index (χ2n) is 11.2. The summed E-state index contributed by atoms with van der Waals surface area (Å²) >= 11 is 0. The van der Waals surface area contributed by atoms with Crippen LogP contribution in [0.25, 0.3) is 27.5 Å². The van der Waals surface area contributed by atoms with Crippen molar-refractivity contribution in [3.05, 3.63) is 58.6 Å².